The fraction of sp³-hybridized carbons (Fsp3) is 0.188. The lowest BCUT2D eigenvalue weighted by molar-refractivity contribution is -0.144. The first-order valence-electron chi connectivity index (χ1n) is 13.2. The van der Waals surface area contributed by atoms with Gasteiger partial charge in [-0.15, -0.1) is 0 Å². The monoisotopic (exact) mass is 714 g/mol. The highest BCUT2D eigenvalue weighted by Crippen LogP contribution is 2.37. The number of phenols is 1. The molecule has 5 nitrogen and oxygen atoms in total. The molecule has 0 aliphatic carbocycles. The number of ether oxygens (including phenoxy) is 1. The van der Waals surface area contributed by atoms with Gasteiger partial charge in [0.2, 0.25) is 0 Å². The van der Waals surface area contributed by atoms with E-state index in [1.807, 2.05) is 0 Å². The second kappa shape index (κ2) is 16.4. The number of hydrogen-bond acceptors (Lipinski definition) is 5. The molecule has 0 aliphatic heterocycles. The summed E-state index contributed by atoms with van der Waals surface area (Å²) in [5.74, 6) is 0.396. The predicted molar refractivity (Wildman–Crippen MR) is 148 cm³/mol. The Labute approximate surface area is 269 Å². The number of aliphatic hydroxyl groups is 1. The summed E-state index contributed by atoms with van der Waals surface area (Å²) in [7, 11) is 0. The number of aldehydes is 2. The van der Waals surface area contributed by atoms with E-state index >= 15 is 0 Å². The molecule has 0 spiro atoms. The van der Waals surface area contributed by atoms with Crippen molar-refractivity contribution >= 4 is 12.6 Å². The highest BCUT2D eigenvalue weighted by molar-refractivity contribution is 5.75. The van der Waals surface area contributed by atoms with Crippen LogP contribution in [0, 0.1) is 0 Å². The van der Waals surface area contributed by atoms with Crippen LogP contribution in [-0.4, -0.2) is 22.8 Å². The van der Waals surface area contributed by atoms with E-state index in [0.717, 1.165) is 6.29 Å². The molecule has 0 amide bonds. The Morgan fingerprint density at radius 3 is 1.14 bits per heavy atom. The van der Waals surface area contributed by atoms with Crippen molar-refractivity contribution in [3.8, 4) is 11.5 Å². The van der Waals surface area contributed by atoms with E-state index in [9.17, 15) is 62.3 Å². The summed E-state index contributed by atoms with van der Waals surface area (Å²) in [6.07, 6.45) is -18.2. The van der Waals surface area contributed by atoms with Gasteiger partial charge in [-0.2, -0.15) is 52.7 Å². The lowest BCUT2D eigenvalue weighted by Crippen LogP contribution is -2.12. The molecule has 0 saturated carbocycles. The molecule has 2 N–H and O–H groups in total. The molecule has 264 valence electrons. The summed E-state index contributed by atoms with van der Waals surface area (Å²) in [6.45, 7) is -1.36. The maximum Gasteiger partial charge on any atom is 0.416 e. The molecule has 49 heavy (non-hydrogen) atoms. The van der Waals surface area contributed by atoms with E-state index in [1.54, 1.807) is 12.1 Å². The molecule has 17 heteroatoms. The molecule has 0 aromatic heterocycles. The quantitative estimate of drug-likeness (QED) is 0.154. The van der Waals surface area contributed by atoms with Crippen molar-refractivity contribution in [2.45, 2.75) is 37.9 Å². The zero-order chi connectivity index (χ0) is 37.2. The van der Waals surface area contributed by atoms with E-state index in [1.165, 1.54) is 36.4 Å². The average Bonchev–Trinajstić information content (AvgIpc) is 3.03. The first kappa shape index (κ1) is 40.1. The van der Waals surface area contributed by atoms with Crippen molar-refractivity contribution in [2.24, 2.45) is 0 Å². The van der Waals surface area contributed by atoms with Crippen molar-refractivity contribution < 1.29 is 77.2 Å². The lowest BCUT2D eigenvalue weighted by Gasteiger charge is -2.14. The topological polar surface area (TPSA) is 83.8 Å². The number of carbonyl (C=O) groups excluding carboxylic acids is 2. The summed E-state index contributed by atoms with van der Waals surface area (Å²) < 4.78 is 155. The Hall–Kier alpha value is -5.06. The van der Waals surface area contributed by atoms with Crippen LogP contribution in [-0.2, 0) is 37.9 Å². The van der Waals surface area contributed by atoms with Crippen LogP contribution in [0.3, 0.4) is 0 Å². The van der Waals surface area contributed by atoms with Gasteiger partial charge in [-0.25, -0.2) is 0 Å². The minimum atomic E-state index is -4.90. The zero-order valence-electron chi connectivity index (χ0n) is 24.3. The van der Waals surface area contributed by atoms with Crippen molar-refractivity contribution in [1.82, 2.24) is 0 Å². The Morgan fingerprint density at radius 2 is 0.837 bits per heavy atom. The van der Waals surface area contributed by atoms with E-state index in [-0.39, 0.29) is 29.2 Å². The summed E-state index contributed by atoms with van der Waals surface area (Å²) in [6, 6.07) is 13.9. The third-order valence-electron chi connectivity index (χ3n) is 5.93. The molecule has 4 rings (SSSR count). The normalized spacial score (nSPS) is 11.8. The molecule has 0 heterocycles. The Bertz CT molecular complexity index is 1610. The number of aromatic hydroxyl groups is 1. The van der Waals surface area contributed by atoms with Crippen molar-refractivity contribution in [3.05, 3.63) is 129 Å². The largest absolute Gasteiger partial charge is 0.508 e. The number of phenolic OH excluding ortho intramolecular Hbond substituents is 1. The van der Waals surface area contributed by atoms with Gasteiger partial charge < -0.3 is 14.9 Å². The Kier molecular flexibility index (Phi) is 13.4. The van der Waals surface area contributed by atoms with Gasteiger partial charge >= 0.3 is 24.7 Å². The highest BCUT2D eigenvalue weighted by Gasteiger charge is 2.38. The van der Waals surface area contributed by atoms with Gasteiger partial charge in [0.05, 0.1) is 28.9 Å². The Morgan fingerprint density at radius 1 is 0.510 bits per heavy atom. The van der Waals surface area contributed by atoms with Crippen LogP contribution < -0.4 is 4.74 Å². The zero-order valence-corrected chi connectivity index (χ0v) is 24.3. The van der Waals surface area contributed by atoms with E-state index in [0.29, 0.717) is 41.7 Å². The number of halogens is 12. The van der Waals surface area contributed by atoms with E-state index < -0.39 is 65.7 Å². The number of alkyl halides is 12. The standard InChI is InChI=1S/C16H10F6O2.C9H6F6O.C7H6O2/c17-15(18,19)12-5-11(6-13(7-12)16(20,21)22)9-24-14-3-1-10(8-23)2-4-14;10-8(11,12)6-1-5(4-16)2-7(3-6)9(13,14)15;8-5-6-1-3-7(9)4-2-6/h1-8H,9H2;1-3,16H,4H2;1-5,9H. The maximum absolute atomic E-state index is 12.7. The molecule has 0 atom stereocenters. The third kappa shape index (κ3) is 13.2. The van der Waals surface area contributed by atoms with E-state index in [2.05, 4.69) is 0 Å². The fourth-order valence-electron chi connectivity index (χ4n) is 3.58. The van der Waals surface area contributed by atoms with Crippen LogP contribution >= 0.6 is 0 Å². The van der Waals surface area contributed by atoms with Gasteiger partial charge in [0.25, 0.3) is 0 Å². The molecular weight excluding hydrogens is 692 g/mol. The molecule has 0 unspecified atom stereocenters. The fourth-order valence-corrected chi connectivity index (χ4v) is 3.58. The number of carbonyl (C=O) groups is 2. The van der Waals surface area contributed by atoms with Crippen molar-refractivity contribution in [2.75, 3.05) is 0 Å². The first-order valence-corrected chi connectivity index (χ1v) is 13.2. The maximum atomic E-state index is 12.7. The van der Waals surface area contributed by atoms with Crippen LogP contribution in [0.25, 0.3) is 0 Å². The van der Waals surface area contributed by atoms with E-state index in [4.69, 9.17) is 14.9 Å². The number of hydrogen-bond donors (Lipinski definition) is 2. The van der Waals surface area contributed by atoms with Crippen LogP contribution in [0.1, 0.15) is 54.1 Å². The van der Waals surface area contributed by atoms with Gasteiger partial charge in [0, 0.05) is 11.1 Å². The molecular formula is C32H22F12O5. The minimum absolute atomic E-state index is 0.0131. The lowest BCUT2D eigenvalue weighted by atomic mass is 10.1. The van der Waals surface area contributed by atoms with Crippen LogP contribution in [0.5, 0.6) is 11.5 Å². The van der Waals surface area contributed by atoms with Gasteiger partial charge in [-0.3, -0.25) is 9.59 Å². The summed E-state index contributed by atoms with van der Waals surface area (Å²) in [4.78, 5) is 20.5. The first-order chi connectivity index (χ1) is 22.6. The molecule has 4 aromatic rings. The predicted octanol–water partition coefficient (Wildman–Crippen LogP) is 9.54. The van der Waals surface area contributed by atoms with Gasteiger partial charge in [0.1, 0.15) is 30.7 Å². The summed E-state index contributed by atoms with van der Waals surface area (Å²) >= 11 is 0. The molecule has 0 fully saturated rings. The van der Waals surface area contributed by atoms with Gasteiger partial charge in [-0.05, 0) is 96.1 Å². The average molecular weight is 714 g/mol. The Balaban J connectivity index is 0.000000285. The van der Waals surface area contributed by atoms with Gasteiger partial charge in [0.15, 0.2) is 0 Å². The summed E-state index contributed by atoms with van der Waals surface area (Å²) in [5.41, 5.74) is -5.40. The SMILES string of the molecule is O=Cc1ccc(O)cc1.O=Cc1ccc(OCc2cc(C(F)(F)F)cc(C(F)(F)F)c2)cc1.OCc1cc(C(F)(F)F)cc(C(F)(F)F)c1. The van der Waals surface area contributed by atoms with Crippen LogP contribution in [0.2, 0.25) is 0 Å². The van der Waals surface area contributed by atoms with Crippen LogP contribution in [0.4, 0.5) is 52.7 Å². The third-order valence-corrected chi connectivity index (χ3v) is 5.93. The molecule has 0 aliphatic rings. The molecule has 4 aromatic carbocycles. The highest BCUT2D eigenvalue weighted by atomic mass is 19.4. The molecule has 0 saturated heterocycles. The van der Waals surface area contributed by atoms with Crippen molar-refractivity contribution in [1.29, 1.82) is 0 Å². The number of benzene rings is 4. The smallest absolute Gasteiger partial charge is 0.416 e. The summed E-state index contributed by atoms with van der Waals surface area (Å²) in [5, 5.41) is 17.3. The van der Waals surface area contributed by atoms with Crippen molar-refractivity contribution in [3.63, 3.8) is 0 Å². The second-order valence-electron chi connectivity index (χ2n) is 9.67. The minimum Gasteiger partial charge on any atom is -0.508 e. The second-order valence-corrected chi connectivity index (χ2v) is 9.67. The molecule has 0 radical (unpaired) electrons. The number of aliphatic hydroxyl groups excluding tert-OH is 1. The molecule has 0 bridgehead atoms. The number of rotatable bonds is 6. The van der Waals surface area contributed by atoms with Gasteiger partial charge in [-0.1, -0.05) is 0 Å². The van der Waals surface area contributed by atoms with Crippen LogP contribution in [0.15, 0.2) is 84.9 Å².